The van der Waals surface area contributed by atoms with Gasteiger partial charge in [-0.2, -0.15) is 7.05 Å². The van der Waals surface area contributed by atoms with Gasteiger partial charge in [-0.25, -0.2) is 0 Å². The summed E-state index contributed by atoms with van der Waals surface area (Å²) < 4.78 is 0. The van der Waals surface area contributed by atoms with Crippen LogP contribution in [0.4, 0.5) is 0 Å². The zero-order valence-electron chi connectivity index (χ0n) is 9.34. The van der Waals surface area contributed by atoms with Crippen molar-refractivity contribution in [3.63, 3.8) is 0 Å². The Morgan fingerprint density at radius 3 is 2.21 bits per heavy atom. The van der Waals surface area contributed by atoms with E-state index in [1.807, 2.05) is 0 Å². The summed E-state index contributed by atoms with van der Waals surface area (Å²) >= 11 is 0. The third-order valence-corrected chi connectivity index (χ3v) is 3.72. The second kappa shape index (κ2) is 4.60. The molecule has 2 aliphatic rings. The summed E-state index contributed by atoms with van der Waals surface area (Å²) in [6, 6.07) is 0.856. The van der Waals surface area contributed by atoms with Crippen LogP contribution in [0.3, 0.4) is 0 Å². The second-order valence-electron chi connectivity index (χ2n) is 4.82. The SMILES string of the molecule is [CH2-][NH+]1CCC(N2CCN(C)CC2)CC1. The summed E-state index contributed by atoms with van der Waals surface area (Å²) in [4.78, 5) is 6.58. The van der Waals surface area contributed by atoms with Gasteiger partial charge in [-0.15, -0.1) is 0 Å². The molecule has 0 saturated carbocycles. The number of piperazine rings is 1. The number of nitrogens with zero attached hydrogens (tertiary/aromatic N) is 2. The largest absolute Gasteiger partial charge is 0.468 e. The Morgan fingerprint density at radius 1 is 1.07 bits per heavy atom. The molecule has 0 aromatic rings. The van der Waals surface area contributed by atoms with E-state index in [2.05, 4.69) is 23.9 Å². The molecular formula is C11H23N3. The Hall–Kier alpha value is -0.120. The molecule has 82 valence electrons. The fourth-order valence-corrected chi connectivity index (χ4v) is 2.56. The van der Waals surface area contributed by atoms with Gasteiger partial charge in [0.15, 0.2) is 0 Å². The number of rotatable bonds is 1. The number of likely N-dealkylation sites (tertiary alicyclic amines) is 1. The summed E-state index contributed by atoms with van der Waals surface area (Å²) in [5, 5.41) is 0. The summed E-state index contributed by atoms with van der Waals surface area (Å²) in [7, 11) is 6.30. The van der Waals surface area contributed by atoms with Crippen LogP contribution in [0.15, 0.2) is 0 Å². The standard InChI is InChI=1S/C11H23N3/c1-12-5-3-11(4-6-12)14-9-7-13(2)8-10-14/h11-12H,1,3-10H2,2H3. The quantitative estimate of drug-likeness (QED) is 0.545. The molecule has 0 radical (unpaired) electrons. The molecule has 0 aromatic carbocycles. The molecule has 0 bridgehead atoms. The summed E-state index contributed by atoms with van der Waals surface area (Å²) in [6.07, 6.45) is 2.70. The van der Waals surface area contributed by atoms with Crippen LogP contribution in [0, 0.1) is 7.05 Å². The second-order valence-corrected chi connectivity index (χ2v) is 4.82. The van der Waals surface area contributed by atoms with Gasteiger partial charge in [0.05, 0.1) is 13.1 Å². The van der Waals surface area contributed by atoms with Crippen molar-refractivity contribution in [3.05, 3.63) is 7.05 Å². The summed E-state index contributed by atoms with van der Waals surface area (Å²) in [5.41, 5.74) is 0. The third kappa shape index (κ3) is 2.47. The lowest BCUT2D eigenvalue weighted by Crippen LogP contribution is -3.08. The molecule has 14 heavy (non-hydrogen) atoms. The van der Waals surface area contributed by atoms with Crippen LogP contribution in [-0.4, -0.2) is 62.2 Å². The van der Waals surface area contributed by atoms with Crippen molar-refractivity contribution < 1.29 is 4.90 Å². The number of nitrogens with one attached hydrogen (secondary N) is 1. The normalized spacial score (nSPS) is 37.3. The van der Waals surface area contributed by atoms with Crippen LogP contribution >= 0.6 is 0 Å². The van der Waals surface area contributed by atoms with E-state index < -0.39 is 0 Å². The minimum absolute atomic E-state index is 0.856. The van der Waals surface area contributed by atoms with Gasteiger partial charge in [-0.1, -0.05) is 0 Å². The predicted molar refractivity (Wildman–Crippen MR) is 58.1 cm³/mol. The van der Waals surface area contributed by atoms with Crippen LogP contribution in [0.5, 0.6) is 0 Å². The van der Waals surface area contributed by atoms with Crippen molar-refractivity contribution in [2.24, 2.45) is 0 Å². The van der Waals surface area contributed by atoms with Gasteiger partial charge in [0, 0.05) is 45.1 Å². The van der Waals surface area contributed by atoms with Gasteiger partial charge in [-0.3, -0.25) is 4.90 Å². The maximum Gasteiger partial charge on any atom is 0.0545 e. The first-order valence-electron chi connectivity index (χ1n) is 5.85. The monoisotopic (exact) mass is 197 g/mol. The highest BCUT2D eigenvalue weighted by molar-refractivity contribution is 4.78. The van der Waals surface area contributed by atoms with E-state index in [-0.39, 0.29) is 0 Å². The highest BCUT2D eigenvalue weighted by Crippen LogP contribution is 2.12. The summed E-state index contributed by atoms with van der Waals surface area (Å²) in [5.74, 6) is 0. The van der Waals surface area contributed by atoms with Crippen molar-refractivity contribution in [1.29, 1.82) is 0 Å². The van der Waals surface area contributed by atoms with E-state index in [1.54, 1.807) is 0 Å². The molecule has 0 spiro atoms. The van der Waals surface area contributed by atoms with Gasteiger partial charge in [0.2, 0.25) is 0 Å². The minimum Gasteiger partial charge on any atom is -0.468 e. The fourth-order valence-electron chi connectivity index (χ4n) is 2.56. The highest BCUT2D eigenvalue weighted by atomic mass is 15.3. The molecule has 2 fully saturated rings. The Kier molecular flexibility index (Phi) is 3.42. The van der Waals surface area contributed by atoms with Crippen LogP contribution in [0.25, 0.3) is 0 Å². The van der Waals surface area contributed by atoms with Crippen molar-refractivity contribution in [2.75, 3.05) is 46.3 Å². The highest BCUT2D eigenvalue weighted by Gasteiger charge is 2.25. The van der Waals surface area contributed by atoms with Gasteiger partial charge < -0.3 is 9.80 Å². The number of hydrogen-bond acceptors (Lipinski definition) is 2. The van der Waals surface area contributed by atoms with E-state index >= 15 is 0 Å². The molecule has 2 aliphatic heterocycles. The van der Waals surface area contributed by atoms with E-state index in [0.717, 1.165) is 6.04 Å². The van der Waals surface area contributed by atoms with E-state index in [4.69, 9.17) is 0 Å². The number of hydrogen-bond donors (Lipinski definition) is 1. The van der Waals surface area contributed by atoms with Crippen molar-refractivity contribution in [3.8, 4) is 0 Å². The van der Waals surface area contributed by atoms with Gasteiger partial charge in [-0.05, 0) is 7.05 Å². The molecule has 1 N–H and O–H groups in total. The number of likely N-dealkylation sites (N-methyl/N-ethyl adjacent to an activating group) is 1. The average molecular weight is 197 g/mol. The van der Waals surface area contributed by atoms with E-state index in [1.165, 1.54) is 57.0 Å². The first kappa shape index (κ1) is 10.4. The fraction of sp³-hybridized carbons (Fsp3) is 0.909. The topological polar surface area (TPSA) is 10.9 Å². The van der Waals surface area contributed by atoms with Crippen LogP contribution < -0.4 is 4.90 Å². The van der Waals surface area contributed by atoms with Crippen LogP contribution in [0.1, 0.15) is 12.8 Å². The van der Waals surface area contributed by atoms with Crippen molar-refractivity contribution >= 4 is 0 Å². The maximum absolute atomic E-state index is 4.08. The van der Waals surface area contributed by atoms with Crippen LogP contribution in [-0.2, 0) is 0 Å². The molecule has 3 nitrogen and oxygen atoms in total. The number of quaternary nitrogens is 1. The molecule has 0 aliphatic carbocycles. The van der Waals surface area contributed by atoms with Gasteiger partial charge in [0.1, 0.15) is 0 Å². The smallest absolute Gasteiger partial charge is 0.0545 e. The Balaban J connectivity index is 1.78. The molecular weight excluding hydrogens is 174 g/mol. The third-order valence-electron chi connectivity index (χ3n) is 3.72. The molecule has 0 atom stereocenters. The molecule has 0 amide bonds. The Labute approximate surface area is 87.7 Å². The molecule has 2 rings (SSSR count). The predicted octanol–water partition coefficient (Wildman–Crippen LogP) is -0.927. The maximum atomic E-state index is 4.08. The lowest BCUT2D eigenvalue weighted by molar-refractivity contribution is -0.859. The molecule has 2 heterocycles. The van der Waals surface area contributed by atoms with E-state index in [0.29, 0.717) is 0 Å². The van der Waals surface area contributed by atoms with E-state index in [9.17, 15) is 0 Å². The molecule has 0 aromatic heterocycles. The zero-order chi connectivity index (χ0) is 9.97. The lowest BCUT2D eigenvalue weighted by atomic mass is 10.0. The first-order chi connectivity index (χ1) is 6.75. The first-order valence-corrected chi connectivity index (χ1v) is 5.85. The molecule has 2 saturated heterocycles. The number of piperidine rings is 1. The molecule has 3 heteroatoms. The Morgan fingerprint density at radius 2 is 1.64 bits per heavy atom. The minimum atomic E-state index is 0.856. The molecule has 0 unspecified atom stereocenters. The van der Waals surface area contributed by atoms with Crippen molar-refractivity contribution in [1.82, 2.24) is 9.80 Å². The van der Waals surface area contributed by atoms with Gasteiger partial charge in [0.25, 0.3) is 0 Å². The summed E-state index contributed by atoms with van der Waals surface area (Å²) in [6.45, 7) is 7.56. The van der Waals surface area contributed by atoms with Crippen LogP contribution in [0.2, 0.25) is 0 Å². The Bertz CT molecular complexity index is 147. The average Bonchev–Trinajstić information content (AvgIpc) is 2.21. The van der Waals surface area contributed by atoms with Gasteiger partial charge >= 0.3 is 0 Å². The zero-order valence-corrected chi connectivity index (χ0v) is 9.34. The lowest BCUT2D eigenvalue weighted by Gasteiger charge is -2.41. The van der Waals surface area contributed by atoms with Crippen molar-refractivity contribution in [2.45, 2.75) is 18.9 Å².